The maximum absolute atomic E-state index is 12.7. The van der Waals surface area contributed by atoms with Crippen molar-refractivity contribution in [3.8, 4) is 0 Å². The molecule has 7 heteroatoms. The summed E-state index contributed by atoms with van der Waals surface area (Å²) in [6.45, 7) is 3.71. The maximum Gasteiger partial charge on any atom is 0.254 e. The number of nitrogens with zero attached hydrogens (tertiary/aromatic N) is 1. The number of carbonyl (C=O) groups is 2. The Balaban J connectivity index is 0.00000225. The Labute approximate surface area is 163 Å². The molecular weight excluding hydrogens is 406 g/mol. The molecule has 0 bridgehead atoms. The van der Waals surface area contributed by atoms with Gasteiger partial charge in [0.05, 0.1) is 0 Å². The van der Waals surface area contributed by atoms with Gasteiger partial charge in [-0.15, -0.1) is 12.4 Å². The summed E-state index contributed by atoms with van der Waals surface area (Å²) in [5.74, 6) is -0.0594. The zero-order chi connectivity index (χ0) is 17.1. The van der Waals surface area contributed by atoms with Gasteiger partial charge >= 0.3 is 0 Å². The standard InChI is InChI=1S/C18H24BrN3O2.ClH/c1-12-11-15(8-9-20-12)21-17(23)16-3-2-10-22(16)18(24)13-4-6-14(19)7-5-13;/h4-7,12,15-16,20H,2-3,8-11H2,1H3,(H,21,23);1H. The fourth-order valence-electron chi connectivity index (χ4n) is 3.60. The van der Waals surface area contributed by atoms with Crippen LogP contribution in [0.2, 0.25) is 0 Å². The van der Waals surface area contributed by atoms with Crippen LogP contribution in [-0.2, 0) is 4.79 Å². The Kier molecular flexibility index (Phi) is 7.28. The van der Waals surface area contributed by atoms with Crippen molar-refractivity contribution in [2.75, 3.05) is 13.1 Å². The lowest BCUT2D eigenvalue weighted by Gasteiger charge is -2.31. The summed E-state index contributed by atoms with van der Waals surface area (Å²) in [6.07, 6.45) is 3.51. The molecule has 0 radical (unpaired) electrons. The van der Waals surface area contributed by atoms with Gasteiger partial charge in [0, 0.05) is 28.7 Å². The average Bonchev–Trinajstić information content (AvgIpc) is 3.04. The topological polar surface area (TPSA) is 61.4 Å². The highest BCUT2D eigenvalue weighted by Crippen LogP contribution is 2.22. The number of hydrogen-bond donors (Lipinski definition) is 2. The fraction of sp³-hybridized carbons (Fsp3) is 0.556. The summed E-state index contributed by atoms with van der Waals surface area (Å²) in [6, 6.07) is 7.60. The molecule has 0 aromatic heterocycles. The Morgan fingerprint density at radius 3 is 2.64 bits per heavy atom. The second kappa shape index (κ2) is 9.01. The average molecular weight is 431 g/mol. The van der Waals surface area contributed by atoms with Crippen molar-refractivity contribution < 1.29 is 9.59 Å². The molecule has 25 heavy (non-hydrogen) atoms. The first-order valence-electron chi connectivity index (χ1n) is 8.65. The summed E-state index contributed by atoms with van der Waals surface area (Å²) < 4.78 is 0.940. The molecule has 1 aromatic carbocycles. The Bertz CT molecular complexity index is 611. The number of carbonyl (C=O) groups excluding carboxylic acids is 2. The molecule has 1 aromatic rings. The highest BCUT2D eigenvalue weighted by Gasteiger charge is 2.35. The van der Waals surface area contributed by atoms with Crippen molar-refractivity contribution >= 4 is 40.2 Å². The largest absolute Gasteiger partial charge is 0.351 e. The molecular formula is C18H25BrClN3O2. The molecule has 3 unspecified atom stereocenters. The van der Waals surface area contributed by atoms with E-state index in [0.29, 0.717) is 18.2 Å². The monoisotopic (exact) mass is 429 g/mol. The Morgan fingerprint density at radius 2 is 1.96 bits per heavy atom. The summed E-state index contributed by atoms with van der Waals surface area (Å²) in [7, 11) is 0. The predicted molar refractivity (Wildman–Crippen MR) is 104 cm³/mol. The van der Waals surface area contributed by atoms with Crippen LogP contribution in [-0.4, -0.2) is 47.9 Å². The smallest absolute Gasteiger partial charge is 0.254 e. The molecule has 5 nitrogen and oxygen atoms in total. The predicted octanol–water partition coefficient (Wildman–Crippen LogP) is 2.73. The van der Waals surface area contributed by atoms with Crippen LogP contribution in [0.15, 0.2) is 28.7 Å². The van der Waals surface area contributed by atoms with Gasteiger partial charge in [-0.2, -0.15) is 0 Å². The van der Waals surface area contributed by atoms with Gasteiger partial charge in [-0.05, 0) is 63.4 Å². The van der Waals surface area contributed by atoms with Gasteiger partial charge in [0.2, 0.25) is 5.91 Å². The number of amides is 2. The number of rotatable bonds is 3. The third-order valence-corrected chi connectivity index (χ3v) is 5.41. The van der Waals surface area contributed by atoms with Crippen LogP contribution in [0.4, 0.5) is 0 Å². The van der Waals surface area contributed by atoms with E-state index in [9.17, 15) is 9.59 Å². The van der Waals surface area contributed by atoms with Crippen LogP contribution < -0.4 is 10.6 Å². The Hall–Kier alpha value is -1.11. The van der Waals surface area contributed by atoms with Gasteiger partial charge in [-0.25, -0.2) is 0 Å². The molecule has 2 amide bonds. The molecule has 0 spiro atoms. The van der Waals surface area contributed by atoms with Crippen LogP contribution >= 0.6 is 28.3 Å². The number of likely N-dealkylation sites (tertiary alicyclic amines) is 1. The lowest BCUT2D eigenvalue weighted by Crippen LogP contribution is -2.52. The van der Waals surface area contributed by atoms with E-state index in [1.54, 1.807) is 17.0 Å². The minimum atomic E-state index is -0.341. The second-order valence-electron chi connectivity index (χ2n) is 6.75. The highest BCUT2D eigenvalue weighted by atomic mass is 79.9. The summed E-state index contributed by atoms with van der Waals surface area (Å²) in [4.78, 5) is 27.2. The second-order valence-corrected chi connectivity index (χ2v) is 7.66. The van der Waals surface area contributed by atoms with E-state index in [4.69, 9.17) is 0 Å². The van der Waals surface area contributed by atoms with Gasteiger partial charge in [0.25, 0.3) is 5.91 Å². The van der Waals surface area contributed by atoms with Crippen molar-refractivity contribution in [3.63, 3.8) is 0 Å². The minimum absolute atomic E-state index is 0. The number of piperidine rings is 1. The molecule has 0 saturated carbocycles. The van der Waals surface area contributed by atoms with Gasteiger partial charge < -0.3 is 15.5 Å². The summed E-state index contributed by atoms with van der Waals surface area (Å²) in [5.41, 5.74) is 0.633. The van der Waals surface area contributed by atoms with Crippen LogP contribution in [0.1, 0.15) is 43.0 Å². The Morgan fingerprint density at radius 1 is 1.24 bits per heavy atom. The van der Waals surface area contributed by atoms with Gasteiger partial charge in [-0.1, -0.05) is 15.9 Å². The van der Waals surface area contributed by atoms with E-state index in [2.05, 4.69) is 33.5 Å². The van der Waals surface area contributed by atoms with Crippen LogP contribution in [0.25, 0.3) is 0 Å². The first-order valence-corrected chi connectivity index (χ1v) is 9.44. The number of nitrogens with one attached hydrogen (secondary N) is 2. The zero-order valence-corrected chi connectivity index (χ0v) is 16.7. The van der Waals surface area contributed by atoms with E-state index >= 15 is 0 Å². The van der Waals surface area contributed by atoms with Crippen molar-refractivity contribution in [2.45, 2.75) is 50.7 Å². The van der Waals surface area contributed by atoms with Crippen LogP contribution in [0, 0.1) is 0 Å². The van der Waals surface area contributed by atoms with Crippen molar-refractivity contribution in [1.29, 1.82) is 0 Å². The van der Waals surface area contributed by atoms with Crippen molar-refractivity contribution in [2.24, 2.45) is 0 Å². The van der Waals surface area contributed by atoms with E-state index in [1.807, 2.05) is 12.1 Å². The SMILES string of the molecule is CC1CC(NC(=O)C2CCCN2C(=O)c2ccc(Br)cc2)CCN1.Cl. The number of hydrogen-bond acceptors (Lipinski definition) is 3. The molecule has 3 atom stereocenters. The highest BCUT2D eigenvalue weighted by molar-refractivity contribution is 9.10. The quantitative estimate of drug-likeness (QED) is 0.775. The van der Waals surface area contributed by atoms with Gasteiger partial charge in [0.15, 0.2) is 0 Å². The van der Waals surface area contributed by atoms with Gasteiger partial charge in [0.1, 0.15) is 6.04 Å². The lowest BCUT2D eigenvalue weighted by molar-refractivity contribution is -0.125. The molecule has 0 aliphatic carbocycles. The normalized spacial score (nSPS) is 26.0. The first-order chi connectivity index (χ1) is 11.5. The molecule has 3 rings (SSSR count). The van der Waals surface area contributed by atoms with Gasteiger partial charge in [-0.3, -0.25) is 9.59 Å². The van der Waals surface area contributed by atoms with Crippen LogP contribution in [0.5, 0.6) is 0 Å². The van der Waals surface area contributed by atoms with E-state index in [0.717, 1.165) is 36.7 Å². The first kappa shape index (κ1) is 20.2. The number of benzene rings is 1. The molecule has 2 N–H and O–H groups in total. The van der Waals surface area contributed by atoms with E-state index in [1.165, 1.54) is 0 Å². The van der Waals surface area contributed by atoms with Crippen LogP contribution in [0.3, 0.4) is 0 Å². The molecule has 2 saturated heterocycles. The summed E-state index contributed by atoms with van der Waals surface area (Å²) in [5, 5.41) is 6.54. The molecule has 138 valence electrons. The van der Waals surface area contributed by atoms with Crippen molar-refractivity contribution in [1.82, 2.24) is 15.5 Å². The fourth-order valence-corrected chi connectivity index (χ4v) is 3.87. The lowest BCUT2D eigenvalue weighted by atomic mass is 10.00. The number of halogens is 2. The van der Waals surface area contributed by atoms with Crippen molar-refractivity contribution in [3.05, 3.63) is 34.3 Å². The third kappa shape index (κ3) is 4.96. The molecule has 2 aliphatic rings. The minimum Gasteiger partial charge on any atom is -0.351 e. The maximum atomic E-state index is 12.7. The summed E-state index contributed by atoms with van der Waals surface area (Å²) >= 11 is 3.38. The molecule has 2 fully saturated rings. The van der Waals surface area contributed by atoms with E-state index in [-0.39, 0.29) is 36.3 Å². The zero-order valence-electron chi connectivity index (χ0n) is 14.3. The van der Waals surface area contributed by atoms with E-state index < -0.39 is 0 Å². The third-order valence-electron chi connectivity index (χ3n) is 4.88. The molecule has 2 heterocycles. The molecule has 2 aliphatic heterocycles.